The van der Waals surface area contributed by atoms with Crippen LogP contribution >= 0.6 is 0 Å². The Bertz CT molecular complexity index is 572. The average molecular weight is 285 g/mol. The quantitative estimate of drug-likeness (QED) is 0.807. The largest absolute Gasteiger partial charge is 0.303 e. The van der Waals surface area contributed by atoms with Gasteiger partial charge in [0, 0.05) is 17.6 Å². The summed E-state index contributed by atoms with van der Waals surface area (Å²) >= 11 is 0. The topological polar surface area (TPSA) is 12.0 Å². The summed E-state index contributed by atoms with van der Waals surface area (Å²) in [5, 5.41) is 3.59. The number of rotatable bonds is 4. The van der Waals surface area contributed by atoms with Gasteiger partial charge in [0.1, 0.15) is 5.82 Å². The molecule has 0 amide bonds. The predicted molar refractivity (Wildman–Crippen MR) is 86.6 cm³/mol. The lowest BCUT2D eigenvalue weighted by Gasteiger charge is -2.34. The van der Waals surface area contributed by atoms with E-state index in [2.05, 4.69) is 38.2 Å². The summed E-state index contributed by atoms with van der Waals surface area (Å²) in [7, 11) is 0. The highest BCUT2D eigenvalue weighted by Crippen LogP contribution is 2.35. The molecule has 2 heteroatoms. The lowest BCUT2D eigenvalue weighted by molar-refractivity contribution is 0.252. The monoisotopic (exact) mass is 285 g/mol. The third-order valence-corrected chi connectivity index (χ3v) is 3.79. The maximum Gasteiger partial charge on any atom is 0.127 e. The van der Waals surface area contributed by atoms with Crippen molar-refractivity contribution in [1.29, 1.82) is 0 Å². The van der Waals surface area contributed by atoms with Crippen LogP contribution in [-0.4, -0.2) is 0 Å². The third-order valence-electron chi connectivity index (χ3n) is 3.79. The van der Waals surface area contributed by atoms with Gasteiger partial charge in [-0.1, -0.05) is 69.3 Å². The van der Waals surface area contributed by atoms with Crippen LogP contribution in [0.1, 0.15) is 50.9 Å². The summed E-state index contributed by atoms with van der Waals surface area (Å²) in [5.41, 5.74) is 1.98. The first-order valence-corrected chi connectivity index (χ1v) is 7.45. The fourth-order valence-corrected chi connectivity index (χ4v) is 2.66. The van der Waals surface area contributed by atoms with E-state index in [9.17, 15) is 4.39 Å². The Hall–Kier alpha value is -1.67. The Morgan fingerprint density at radius 3 is 2.05 bits per heavy atom. The second kappa shape index (κ2) is 6.40. The minimum absolute atomic E-state index is 0.0425. The lowest BCUT2D eigenvalue weighted by atomic mass is 9.81. The molecule has 0 fully saturated rings. The SMILES string of the molecule is CC(NC(c1ccccc1)C(C)(C)C)c1ccccc1F. The molecule has 0 bridgehead atoms. The van der Waals surface area contributed by atoms with Crippen molar-refractivity contribution in [3.05, 3.63) is 71.5 Å². The van der Waals surface area contributed by atoms with Crippen molar-refractivity contribution in [2.24, 2.45) is 5.41 Å². The van der Waals surface area contributed by atoms with Gasteiger partial charge in [-0.05, 0) is 24.0 Å². The summed E-state index contributed by atoms with van der Waals surface area (Å²) in [6.45, 7) is 8.61. The van der Waals surface area contributed by atoms with Crippen molar-refractivity contribution in [2.75, 3.05) is 0 Å². The zero-order chi connectivity index (χ0) is 15.5. The average Bonchev–Trinajstić information content (AvgIpc) is 2.44. The number of hydrogen-bond donors (Lipinski definition) is 1. The molecule has 0 radical (unpaired) electrons. The summed E-state index contributed by atoms with van der Waals surface area (Å²) in [4.78, 5) is 0. The van der Waals surface area contributed by atoms with Crippen LogP contribution in [-0.2, 0) is 0 Å². The normalized spacial score (nSPS) is 14.7. The van der Waals surface area contributed by atoms with Crippen LogP contribution in [0.5, 0.6) is 0 Å². The molecule has 0 saturated carbocycles. The first kappa shape index (κ1) is 15.7. The number of nitrogens with one attached hydrogen (secondary N) is 1. The summed E-state index contributed by atoms with van der Waals surface area (Å²) in [5.74, 6) is -0.154. The van der Waals surface area contributed by atoms with Gasteiger partial charge in [-0.2, -0.15) is 0 Å². The smallest absolute Gasteiger partial charge is 0.127 e. The second-order valence-corrected chi connectivity index (χ2v) is 6.62. The maximum absolute atomic E-state index is 13.9. The van der Waals surface area contributed by atoms with E-state index >= 15 is 0 Å². The molecule has 0 aromatic heterocycles. The predicted octanol–water partition coefficient (Wildman–Crippen LogP) is 5.26. The zero-order valence-corrected chi connectivity index (χ0v) is 13.2. The number of benzene rings is 2. The van der Waals surface area contributed by atoms with Crippen LogP contribution in [0.2, 0.25) is 0 Å². The molecular weight excluding hydrogens is 261 g/mol. The van der Waals surface area contributed by atoms with E-state index in [0.717, 1.165) is 0 Å². The van der Waals surface area contributed by atoms with Crippen LogP contribution in [0.25, 0.3) is 0 Å². The fourth-order valence-electron chi connectivity index (χ4n) is 2.66. The van der Waals surface area contributed by atoms with E-state index in [4.69, 9.17) is 0 Å². The van der Waals surface area contributed by atoms with E-state index in [0.29, 0.717) is 5.56 Å². The van der Waals surface area contributed by atoms with Crippen molar-refractivity contribution in [1.82, 2.24) is 5.32 Å². The van der Waals surface area contributed by atoms with E-state index in [1.807, 2.05) is 37.3 Å². The second-order valence-electron chi connectivity index (χ2n) is 6.62. The highest BCUT2D eigenvalue weighted by atomic mass is 19.1. The fraction of sp³-hybridized carbons (Fsp3) is 0.368. The third kappa shape index (κ3) is 3.92. The molecule has 1 nitrogen and oxygen atoms in total. The van der Waals surface area contributed by atoms with Gasteiger partial charge >= 0.3 is 0 Å². The van der Waals surface area contributed by atoms with E-state index in [1.165, 1.54) is 11.6 Å². The Labute approximate surface area is 127 Å². The highest BCUT2D eigenvalue weighted by molar-refractivity contribution is 5.24. The molecule has 2 unspecified atom stereocenters. The highest BCUT2D eigenvalue weighted by Gasteiger charge is 2.28. The van der Waals surface area contributed by atoms with Crippen molar-refractivity contribution >= 4 is 0 Å². The van der Waals surface area contributed by atoms with Crippen molar-refractivity contribution < 1.29 is 4.39 Å². The summed E-state index contributed by atoms with van der Waals surface area (Å²) < 4.78 is 13.9. The van der Waals surface area contributed by atoms with Gasteiger partial charge in [0.15, 0.2) is 0 Å². The minimum Gasteiger partial charge on any atom is -0.303 e. The molecule has 0 aliphatic carbocycles. The van der Waals surface area contributed by atoms with Crippen LogP contribution in [0.15, 0.2) is 54.6 Å². The molecule has 0 aliphatic heterocycles. The van der Waals surface area contributed by atoms with Gasteiger partial charge in [0.2, 0.25) is 0 Å². The van der Waals surface area contributed by atoms with Gasteiger partial charge in [0.25, 0.3) is 0 Å². The number of hydrogen-bond acceptors (Lipinski definition) is 1. The Kier molecular flexibility index (Phi) is 4.79. The maximum atomic E-state index is 13.9. The van der Waals surface area contributed by atoms with Gasteiger partial charge in [0.05, 0.1) is 0 Å². The van der Waals surface area contributed by atoms with Crippen LogP contribution in [0, 0.1) is 11.2 Å². The molecule has 112 valence electrons. The van der Waals surface area contributed by atoms with Gasteiger partial charge in [-0.3, -0.25) is 0 Å². The first-order chi connectivity index (χ1) is 9.89. The zero-order valence-electron chi connectivity index (χ0n) is 13.2. The van der Waals surface area contributed by atoms with Crippen molar-refractivity contribution in [2.45, 2.75) is 39.8 Å². The molecule has 0 heterocycles. The van der Waals surface area contributed by atoms with Crippen LogP contribution in [0.4, 0.5) is 4.39 Å². The van der Waals surface area contributed by atoms with E-state index in [-0.39, 0.29) is 23.3 Å². The molecule has 0 aliphatic rings. The molecule has 2 atom stereocenters. The lowest BCUT2D eigenvalue weighted by Crippen LogP contribution is -2.34. The summed E-state index contributed by atoms with van der Waals surface area (Å²) in [6, 6.07) is 17.4. The van der Waals surface area contributed by atoms with E-state index < -0.39 is 0 Å². The van der Waals surface area contributed by atoms with E-state index in [1.54, 1.807) is 6.07 Å². The standard InChI is InChI=1S/C19H24FN/c1-14(16-12-8-9-13-17(16)20)21-18(19(2,3)4)15-10-6-5-7-11-15/h5-14,18,21H,1-4H3. The molecule has 21 heavy (non-hydrogen) atoms. The van der Waals surface area contributed by atoms with Gasteiger partial charge in [-0.25, -0.2) is 4.39 Å². The Balaban J connectivity index is 2.26. The van der Waals surface area contributed by atoms with Gasteiger partial charge < -0.3 is 5.32 Å². The van der Waals surface area contributed by atoms with Crippen molar-refractivity contribution in [3.8, 4) is 0 Å². The first-order valence-electron chi connectivity index (χ1n) is 7.45. The summed E-state index contributed by atoms with van der Waals surface area (Å²) in [6.07, 6.45) is 0. The molecular formula is C19H24FN. The number of halogens is 1. The van der Waals surface area contributed by atoms with Crippen LogP contribution in [0.3, 0.4) is 0 Å². The molecule has 0 spiro atoms. The molecule has 2 aromatic rings. The Morgan fingerprint density at radius 2 is 1.48 bits per heavy atom. The Morgan fingerprint density at radius 1 is 0.905 bits per heavy atom. The molecule has 0 saturated heterocycles. The van der Waals surface area contributed by atoms with Crippen LogP contribution < -0.4 is 5.32 Å². The molecule has 2 rings (SSSR count). The molecule has 2 aromatic carbocycles. The van der Waals surface area contributed by atoms with Crippen molar-refractivity contribution in [3.63, 3.8) is 0 Å². The van der Waals surface area contributed by atoms with Gasteiger partial charge in [-0.15, -0.1) is 0 Å². The molecule has 1 N–H and O–H groups in total. The minimum atomic E-state index is -0.154.